The minimum Gasteiger partial charge on any atom is -0.423 e. The molecule has 0 fully saturated rings. The Balaban J connectivity index is 2.46. The molecular formula is C17H14O2. The van der Waals surface area contributed by atoms with Gasteiger partial charge in [0.2, 0.25) is 0 Å². The van der Waals surface area contributed by atoms with Crippen LogP contribution in [0.15, 0.2) is 57.7 Å². The average molecular weight is 250 g/mol. The Kier molecular flexibility index (Phi) is 2.71. The van der Waals surface area contributed by atoms with E-state index in [4.69, 9.17) is 4.42 Å². The molecule has 0 aliphatic heterocycles. The maximum atomic E-state index is 11.7. The van der Waals surface area contributed by atoms with Gasteiger partial charge in [0.1, 0.15) is 5.58 Å². The Hall–Kier alpha value is -2.35. The molecule has 19 heavy (non-hydrogen) atoms. The highest BCUT2D eigenvalue weighted by Gasteiger charge is 2.11. The van der Waals surface area contributed by atoms with Gasteiger partial charge in [-0.25, -0.2) is 4.79 Å². The Morgan fingerprint density at radius 1 is 0.895 bits per heavy atom. The predicted octanol–water partition coefficient (Wildman–Crippen LogP) is 4.08. The molecule has 0 radical (unpaired) electrons. The summed E-state index contributed by atoms with van der Waals surface area (Å²) in [4.78, 5) is 11.7. The van der Waals surface area contributed by atoms with Crippen LogP contribution in [0.5, 0.6) is 0 Å². The topological polar surface area (TPSA) is 30.2 Å². The molecule has 94 valence electrons. The van der Waals surface area contributed by atoms with Gasteiger partial charge in [-0.15, -0.1) is 0 Å². The van der Waals surface area contributed by atoms with Crippen molar-refractivity contribution in [1.82, 2.24) is 0 Å². The molecule has 3 rings (SSSR count). The van der Waals surface area contributed by atoms with Crippen LogP contribution in [0.1, 0.15) is 11.1 Å². The van der Waals surface area contributed by atoms with E-state index < -0.39 is 0 Å². The Morgan fingerprint density at radius 2 is 1.58 bits per heavy atom. The van der Waals surface area contributed by atoms with Gasteiger partial charge in [-0.1, -0.05) is 36.4 Å². The maximum Gasteiger partial charge on any atom is 0.336 e. The first-order valence-corrected chi connectivity index (χ1v) is 6.26. The average Bonchev–Trinajstić information content (AvgIpc) is 2.38. The van der Waals surface area contributed by atoms with Crippen molar-refractivity contribution in [2.45, 2.75) is 13.8 Å². The van der Waals surface area contributed by atoms with Gasteiger partial charge >= 0.3 is 5.63 Å². The molecule has 2 aromatic carbocycles. The zero-order valence-corrected chi connectivity index (χ0v) is 10.9. The second kappa shape index (κ2) is 4.39. The van der Waals surface area contributed by atoms with Gasteiger partial charge in [-0.2, -0.15) is 0 Å². The molecule has 2 heteroatoms. The van der Waals surface area contributed by atoms with Crippen LogP contribution in [-0.2, 0) is 0 Å². The van der Waals surface area contributed by atoms with Gasteiger partial charge in [0.05, 0.1) is 0 Å². The number of fused-ring (bicyclic) bond motifs is 1. The zero-order chi connectivity index (χ0) is 13.4. The fourth-order valence-electron chi connectivity index (χ4n) is 2.56. The molecule has 0 aliphatic rings. The summed E-state index contributed by atoms with van der Waals surface area (Å²) in [6.07, 6.45) is 0. The molecule has 0 saturated carbocycles. The van der Waals surface area contributed by atoms with Gasteiger partial charge in [0.15, 0.2) is 0 Å². The minimum atomic E-state index is -0.309. The fraction of sp³-hybridized carbons (Fsp3) is 0.118. The molecular weight excluding hydrogens is 236 g/mol. The first kappa shape index (κ1) is 11.7. The molecule has 0 spiro atoms. The van der Waals surface area contributed by atoms with Crippen LogP contribution in [0.3, 0.4) is 0 Å². The van der Waals surface area contributed by atoms with E-state index in [0.29, 0.717) is 5.58 Å². The number of hydrogen-bond acceptors (Lipinski definition) is 2. The third-order valence-corrected chi connectivity index (χ3v) is 3.40. The van der Waals surface area contributed by atoms with E-state index in [1.807, 2.05) is 30.3 Å². The van der Waals surface area contributed by atoms with E-state index in [0.717, 1.165) is 27.6 Å². The third kappa shape index (κ3) is 1.95. The summed E-state index contributed by atoms with van der Waals surface area (Å²) < 4.78 is 5.25. The molecule has 0 aliphatic carbocycles. The Labute approximate surface area is 111 Å². The molecule has 0 atom stereocenters. The van der Waals surface area contributed by atoms with Gasteiger partial charge < -0.3 is 4.42 Å². The van der Waals surface area contributed by atoms with Crippen molar-refractivity contribution >= 4 is 11.0 Å². The van der Waals surface area contributed by atoms with E-state index in [1.54, 1.807) is 6.07 Å². The van der Waals surface area contributed by atoms with Gasteiger partial charge in [0.25, 0.3) is 0 Å². The quantitative estimate of drug-likeness (QED) is 0.609. The van der Waals surface area contributed by atoms with E-state index in [2.05, 4.69) is 26.0 Å². The summed E-state index contributed by atoms with van der Waals surface area (Å²) >= 11 is 0. The fourth-order valence-corrected chi connectivity index (χ4v) is 2.56. The summed E-state index contributed by atoms with van der Waals surface area (Å²) in [5.41, 5.74) is 4.71. The van der Waals surface area contributed by atoms with Crippen LogP contribution in [0, 0.1) is 13.8 Å². The lowest BCUT2D eigenvalue weighted by Crippen LogP contribution is -1.99. The highest BCUT2D eigenvalue weighted by atomic mass is 16.4. The zero-order valence-electron chi connectivity index (χ0n) is 10.9. The summed E-state index contributed by atoms with van der Waals surface area (Å²) in [5, 5.41) is 0.972. The first-order valence-electron chi connectivity index (χ1n) is 6.26. The Bertz CT molecular complexity index is 793. The van der Waals surface area contributed by atoms with E-state index >= 15 is 0 Å². The van der Waals surface area contributed by atoms with E-state index in [-0.39, 0.29) is 5.63 Å². The number of benzene rings is 2. The molecule has 1 heterocycles. The molecule has 0 unspecified atom stereocenters. The molecule has 0 N–H and O–H groups in total. The lowest BCUT2D eigenvalue weighted by atomic mass is 9.94. The summed E-state index contributed by atoms with van der Waals surface area (Å²) in [7, 11) is 0. The molecule has 0 amide bonds. The molecule has 1 aromatic heterocycles. The van der Waals surface area contributed by atoms with Crippen molar-refractivity contribution in [2.24, 2.45) is 0 Å². The van der Waals surface area contributed by atoms with Crippen molar-refractivity contribution in [2.75, 3.05) is 0 Å². The largest absolute Gasteiger partial charge is 0.423 e. The standard InChI is InChI=1S/C17H14O2/c1-11-6-5-7-12(2)17(11)14-10-16(18)19-15-9-4-3-8-13(14)15/h3-10H,1-2H3. The molecule has 3 aromatic rings. The molecule has 2 nitrogen and oxygen atoms in total. The van der Waals surface area contributed by atoms with Crippen molar-refractivity contribution in [3.63, 3.8) is 0 Å². The third-order valence-electron chi connectivity index (χ3n) is 3.40. The van der Waals surface area contributed by atoms with Crippen LogP contribution in [0.2, 0.25) is 0 Å². The van der Waals surface area contributed by atoms with Crippen molar-refractivity contribution < 1.29 is 4.42 Å². The lowest BCUT2D eigenvalue weighted by Gasteiger charge is -2.11. The minimum absolute atomic E-state index is 0.309. The maximum absolute atomic E-state index is 11.7. The van der Waals surface area contributed by atoms with Gasteiger partial charge in [0, 0.05) is 17.0 Å². The number of rotatable bonds is 1. The summed E-state index contributed by atoms with van der Waals surface area (Å²) in [6.45, 7) is 4.12. The van der Waals surface area contributed by atoms with Crippen LogP contribution >= 0.6 is 0 Å². The molecule has 0 saturated heterocycles. The van der Waals surface area contributed by atoms with Crippen molar-refractivity contribution in [3.05, 3.63) is 70.1 Å². The van der Waals surface area contributed by atoms with E-state index in [1.165, 1.54) is 0 Å². The van der Waals surface area contributed by atoms with E-state index in [9.17, 15) is 4.79 Å². The lowest BCUT2D eigenvalue weighted by molar-refractivity contribution is 0.561. The van der Waals surface area contributed by atoms with Crippen molar-refractivity contribution in [3.8, 4) is 11.1 Å². The summed E-state index contributed by atoms with van der Waals surface area (Å²) in [6, 6.07) is 15.4. The van der Waals surface area contributed by atoms with Crippen LogP contribution in [0.25, 0.3) is 22.1 Å². The van der Waals surface area contributed by atoms with Gasteiger partial charge in [-0.05, 0) is 36.6 Å². The van der Waals surface area contributed by atoms with Gasteiger partial charge in [-0.3, -0.25) is 0 Å². The smallest absolute Gasteiger partial charge is 0.336 e. The predicted molar refractivity (Wildman–Crippen MR) is 77.4 cm³/mol. The highest BCUT2D eigenvalue weighted by Crippen LogP contribution is 2.31. The second-order valence-electron chi connectivity index (χ2n) is 4.74. The summed E-state index contributed by atoms with van der Waals surface area (Å²) in [5.74, 6) is 0. The SMILES string of the molecule is Cc1cccc(C)c1-c1cc(=O)oc2ccccc12. The second-order valence-corrected chi connectivity index (χ2v) is 4.74. The number of aryl methyl sites for hydroxylation is 2. The van der Waals surface area contributed by atoms with Crippen LogP contribution in [-0.4, -0.2) is 0 Å². The normalized spacial score (nSPS) is 10.8. The first-order chi connectivity index (χ1) is 9.16. The monoisotopic (exact) mass is 250 g/mol. The molecule has 0 bridgehead atoms. The Morgan fingerprint density at radius 3 is 2.32 bits per heavy atom. The van der Waals surface area contributed by atoms with Crippen LogP contribution in [0.4, 0.5) is 0 Å². The van der Waals surface area contributed by atoms with Crippen LogP contribution < -0.4 is 5.63 Å². The number of para-hydroxylation sites is 1. The van der Waals surface area contributed by atoms with Crippen molar-refractivity contribution in [1.29, 1.82) is 0 Å². The number of hydrogen-bond donors (Lipinski definition) is 0. The highest BCUT2D eigenvalue weighted by molar-refractivity contribution is 5.94.